The Morgan fingerprint density at radius 1 is 1.24 bits per heavy atom. The molecule has 4 aromatic rings. The van der Waals surface area contributed by atoms with Crippen molar-refractivity contribution in [3.63, 3.8) is 0 Å². The zero-order valence-corrected chi connectivity index (χ0v) is 17.7. The maximum absolute atomic E-state index is 12.2. The van der Waals surface area contributed by atoms with Crippen LogP contribution in [0.25, 0.3) is 21.5 Å². The Morgan fingerprint density at radius 2 is 2.07 bits per heavy atom. The van der Waals surface area contributed by atoms with E-state index >= 15 is 0 Å². The summed E-state index contributed by atoms with van der Waals surface area (Å²) in [5, 5.41) is 23.6. The van der Waals surface area contributed by atoms with E-state index < -0.39 is 10.8 Å². The maximum atomic E-state index is 12.2. The average Bonchev–Trinajstić information content (AvgIpc) is 3.33. The smallest absolute Gasteiger partial charge is 0.221 e. The minimum absolute atomic E-state index is 0.190. The molecule has 148 valence electrons. The van der Waals surface area contributed by atoms with Crippen LogP contribution in [0.1, 0.15) is 6.92 Å². The molecule has 0 aliphatic carbocycles. The van der Waals surface area contributed by atoms with Crippen molar-refractivity contribution in [3.05, 3.63) is 41.6 Å². The zero-order chi connectivity index (χ0) is 20.5. The molecule has 0 bridgehead atoms. The largest absolute Gasteiger partial charge is 0.329 e. The summed E-state index contributed by atoms with van der Waals surface area (Å²) in [5.74, 6) is -0.190. The molecular weight excluding hydrogens is 432 g/mol. The lowest BCUT2D eigenvalue weighted by molar-refractivity contribution is -0.114. The molecule has 4 rings (SSSR count). The van der Waals surface area contributed by atoms with Gasteiger partial charge in [0.05, 0.1) is 33.2 Å². The minimum Gasteiger partial charge on any atom is -0.329 e. The number of hydrogen-bond donors (Lipinski definition) is 3. The number of benzene rings is 2. The van der Waals surface area contributed by atoms with E-state index in [0.29, 0.717) is 37.0 Å². The zero-order valence-electron chi connectivity index (χ0n) is 15.3. The van der Waals surface area contributed by atoms with Gasteiger partial charge >= 0.3 is 0 Å². The molecule has 0 aliphatic rings. The van der Waals surface area contributed by atoms with Gasteiger partial charge in [0, 0.05) is 34.7 Å². The molecule has 0 saturated heterocycles. The quantitative estimate of drug-likeness (QED) is 0.424. The normalized spacial score (nSPS) is 12.1. The predicted octanol–water partition coefficient (Wildman–Crippen LogP) is 4.17. The van der Waals surface area contributed by atoms with E-state index in [1.54, 1.807) is 30.7 Å². The van der Waals surface area contributed by atoms with Crippen molar-refractivity contribution in [3.8, 4) is 10.6 Å². The van der Waals surface area contributed by atoms with E-state index in [0.717, 1.165) is 10.9 Å². The van der Waals surface area contributed by atoms with Crippen LogP contribution in [-0.4, -0.2) is 36.8 Å². The highest BCUT2D eigenvalue weighted by atomic mass is 35.5. The number of hydrogen-bond acceptors (Lipinski definition) is 7. The molecular formula is C18H15ClN6O2S2. The van der Waals surface area contributed by atoms with Gasteiger partial charge < -0.3 is 10.6 Å². The maximum Gasteiger partial charge on any atom is 0.221 e. The summed E-state index contributed by atoms with van der Waals surface area (Å²) in [7, 11) is -1.23. The van der Waals surface area contributed by atoms with Gasteiger partial charge in [0.25, 0.3) is 0 Å². The molecule has 2 aromatic heterocycles. The Kier molecular flexibility index (Phi) is 5.31. The van der Waals surface area contributed by atoms with Crippen molar-refractivity contribution < 1.29 is 9.00 Å². The van der Waals surface area contributed by atoms with Crippen LogP contribution in [0.5, 0.6) is 0 Å². The fourth-order valence-electron chi connectivity index (χ4n) is 2.81. The molecule has 11 heteroatoms. The van der Waals surface area contributed by atoms with Crippen molar-refractivity contribution >= 4 is 67.1 Å². The van der Waals surface area contributed by atoms with Crippen LogP contribution in [0.2, 0.25) is 5.02 Å². The lowest BCUT2D eigenvalue weighted by atomic mass is 10.2. The number of carbonyl (C=O) groups is 1. The van der Waals surface area contributed by atoms with Crippen molar-refractivity contribution in [2.45, 2.75) is 11.8 Å². The summed E-state index contributed by atoms with van der Waals surface area (Å²) in [4.78, 5) is 12.0. The number of carbonyl (C=O) groups excluding carboxylic acids is 1. The van der Waals surface area contributed by atoms with E-state index in [2.05, 4.69) is 31.0 Å². The molecule has 0 radical (unpaired) electrons. The number of rotatable bonds is 5. The number of fused-ring (bicyclic) bond motifs is 1. The van der Waals surface area contributed by atoms with Gasteiger partial charge in [0.15, 0.2) is 5.01 Å². The summed E-state index contributed by atoms with van der Waals surface area (Å²) in [5.41, 5.74) is 2.76. The Labute approximate surface area is 177 Å². The number of aromatic amines is 1. The Hall–Kier alpha value is -2.82. The molecule has 1 unspecified atom stereocenters. The lowest BCUT2D eigenvalue weighted by Crippen LogP contribution is -2.06. The van der Waals surface area contributed by atoms with Crippen LogP contribution < -0.4 is 10.6 Å². The van der Waals surface area contributed by atoms with Gasteiger partial charge in [-0.05, 0) is 30.3 Å². The topological polar surface area (TPSA) is 113 Å². The van der Waals surface area contributed by atoms with E-state index in [1.165, 1.54) is 18.3 Å². The van der Waals surface area contributed by atoms with Gasteiger partial charge in [0.1, 0.15) is 0 Å². The number of H-pyrrole nitrogens is 1. The number of halogens is 1. The van der Waals surface area contributed by atoms with Crippen molar-refractivity contribution in [1.29, 1.82) is 0 Å². The van der Waals surface area contributed by atoms with Gasteiger partial charge in [-0.1, -0.05) is 22.9 Å². The van der Waals surface area contributed by atoms with Crippen LogP contribution in [0.3, 0.4) is 0 Å². The summed E-state index contributed by atoms with van der Waals surface area (Å²) >= 11 is 7.74. The third-order valence-corrected chi connectivity index (χ3v) is 6.32. The third kappa shape index (κ3) is 4.00. The van der Waals surface area contributed by atoms with Crippen LogP contribution in [0, 0.1) is 0 Å². The first-order valence-electron chi connectivity index (χ1n) is 8.40. The van der Waals surface area contributed by atoms with Crippen LogP contribution in [0.15, 0.2) is 41.4 Å². The fraction of sp³-hybridized carbons (Fsp3) is 0.111. The fourth-order valence-corrected chi connectivity index (χ4v) is 4.64. The summed E-state index contributed by atoms with van der Waals surface area (Å²) < 4.78 is 12.2. The molecule has 8 nitrogen and oxygen atoms in total. The number of nitrogens with zero attached hydrogens (tertiary/aromatic N) is 3. The summed E-state index contributed by atoms with van der Waals surface area (Å²) in [6, 6.07) is 8.87. The first-order valence-corrected chi connectivity index (χ1v) is 11.1. The molecule has 0 aliphatic heterocycles. The van der Waals surface area contributed by atoms with Crippen molar-refractivity contribution in [2.75, 3.05) is 16.9 Å². The Morgan fingerprint density at radius 3 is 2.83 bits per heavy atom. The number of anilines is 3. The van der Waals surface area contributed by atoms with E-state index in [1.807, 2.05) is 12.1 Å². The lowest BCUT2D eigenvalue weighted by Gasteiger charge is -2.08. The molecule has 2 aromatic carbocycles. The van der Waals surface area contributed by atoms with Crippen molar-refractivity contribution in [2.24, 2.45) is 0 Å². The second-order valence-corrected chi connectivity index (χ2v) is 8.85. The summed E-state index contributed by atoms with van der Waals surface area (Å²) in [6.45, 7) is 1.43. The molecule has 0 fully saturated rings. The Bertz CT molecular complexity index is 1250. The highest BCUT2D eigenvalue weighted by Gasteiger charge is 2.16. The van der Waals surface area contributed by atoms with Gasteiger partial charge in [-0.15, -0.1) is 10.2 Å². The van der Waals surface area contributed by atoms with Gasteiger partial charge in [0.2, 0.25) is 11.0 Å². The second kappa shape index (κ2) is 7.90. The molecule has 29 heavy (non-hydrogen) atoms. The van der Waals surface area contributed by atoms with E-state index in [9.17, 15) is 9.00 Å². The van der Waals surface area contributed by atoms with Crippen LogP contribution in [-0.2, 0) is 15.6 Å². The van der Waals surface area contributed by atoms with Crippen molar-refractivity contribution in [1.82, 2.24) is 20.4 Å². The molecule has 1 amide bonds. The second-order valence-electron chi connectivity index (χ2n) is 6.14. The minimum atomic E-state index is -1.23. The van der Waals surface area contributed by atoms with Gasteiger partial charge in [-0.2, -0.15) is 5.10 Å². The monoisotopic (exact) mass is 446 g/mol. The summed E-state index contributed by atoms with van der Waals surface area (Å²) in [6.07, 6.45) is 3.25. The molecule has 2 heterocycles. The number of amides is 1. The highest BCUT2D eigenvalue weighted by Crippen LogP contribution is 2.36. The first kappa shape index (κ1) is 19.5. The SMILES string of the molecule is CC(=O)Nc1ccc(S(C)=O)c(-c2nnc(Nc3ccc4[nH]ncc4c3Cl)s2)c1. The highest BCUT2D eigenvalue weighted by molar-refractivity contribution is 7.84. The predicted molar refractivity (Wildman–Crippen MR) is 116 cm³/mol. The van der Waals surface area contributed by atoms with Gasteiger partial charge in [-0.25, -0.2) is 0 Å². The van der Waals surface area contributed by atoms with Gasteiger partial charge in [-0.3, -0.25) is 14.1 Å². The van der Waals surface area contributed by atoms with Crippen LogP contribution in [0.4, 0.5) is 16.5 Å². The molecule has 3 N–H and O–H groups in total. The van der Waals surface area contributed by atoms with E-state index in [4.69, 9.17) is 11.6 Å². The molecule has 0 saturated carbocycles. The molecule has 0 spiro atoms. The molecule has 1 atom stereocenters. The van der Waals surface area contributed by atoms with E-state index in [-0.39, 0.29) is 5.91 Å². The Balaban J connectivity index is 1.68. The average molecular weight is 447 g/mol. The third-order valence-electron chi connectivity index (χ3n) is 4.07. The standard InChI is InChI=1S/C18H15ClN6O2S2/c1-9(26)21-10-3-6-15(29(2)27)11(7-10)17-24-25-18(28-17)22-14-5-4-13-12(16(14)19)8-20-23-13/h3-8H,1-2H3,(H,20,23)(H,21,26)(H,22,25). The first-order chi connectivity index (χ1) is 13.9. The van der Waals surface area contributed by atoms with Crippen LogP contribution >= 0.6 is 22.9 Å². The number of nitrogens with one attached hydrogen (secondary N) is 3. The number of aromatic nitrogens is 4.